The zero-order chi connectivity index (χ0) is 9.84. The van der Waals surface area contributed by atoms with Gasteiger partial charge < -0.3 is 14.8 Å². The smallest absolute Gasteiger partial charge is 0.371 e. The predicted molar refractivity (Wildman–Crippen MR) is 52.2 cm³/mol. The van der Waals surface area contributed by atoms with Gasteiger partial charge in [-0.05, 0) is 6.07 Å². The van der Waals surface area contributed by atoms with Crippen molar-refractivity contribution in [2.75, 3.05) is 11.9 Å². The lowest BCUT2D eigenvalue weighted by Crippen LogP contribution is -1.99. The third-order valence-electron chi connectivity index (χ3n) is 1.27. The number of carbonyl (C=O) groups is 1. The molecule has 0 amide bonds. The highest BCUT2D eigenvalue weighted by molar-refractivity contribution is 9.11. The summed E-state index contributed by atoms with van der Waals surface area (Å²) >= 11 is 3.15. The minimum atomic E-state index is -1.08. The normalized spacial score (nSPS) is 9.62. The largest absolute Gasteiger partial charge is 0.475 e. The molecule has 4 nitrogen and oxygen atoms in total. The van der Waals surface area contributed by atoms with Gasteiger partial charge in [-0.15, -0.1) is 0 Å². The van der Waals surface area contributed by atoms with Gasteiger partial charge in [0.1, 0.15) is 0 Å². The summed E-state index contributed by atoms with van der Waals surface area (Å²) in [6.07, 6.45) is 0. The van der Waals surface area contributed by atoms with Crippen LogP contribution in [-0.4, -0.2) is 17.6 Å². The standard InChI is InChI=1S/C8H8BrNO3/c1-5(9)4-10-7-3-2-6(13-7)8(11)12/h2-3,10H,1,4H2,(H,11,12). The van der Waals surface area contributed by atoms with Crippen LogP contribution in [0.25, 0.3) is 0 Å². The quantitative estimate of drug-likeness (QED) is 0.855. The van der Waals surface area contributed by atoms with Crippen molar-refractivity contribution in [1.82, 2.24) is 0 Å². The molecule has 1 aromatic heterocycles. The van der Waals surface area contributed by atoms with Crippen LogP contribution in [-0.2, 0) is 0 Å². The van der Waals surface area contributed by atoms with Crippen molar-refractivity contribution in [1.29, 1.82) is 0 Å². The van der Waals surface area contributed by atoms with Gasteiger partial charge in [-0.3, -0.25) is 0 Å². The van der Waals surface area contributed by atoms with E-state index < -0.39 is 5.97 Å². The molecule has 13 heavy (non-hydrogen) atoms. The number of hydrogen-bond acceptors (Lipinski definition) is 3. The summed E-state index contributed by atoms with van der Waals surface area (Å²) in [4.78, 5) is 10.4. The number of furan rings is 1. The van der Waals surface area contributed by atoms with E-state index in [4.69, 9.17) is 9.52 Å². The minimum Gasteiger partial charge on any atom is -0.475 e. The molecule has 0 aliphatic heterocycles. The van der Waals surface area contributed by atoms with Gasteiger partial charge in [0.15, 0.2) is 5.88 Å². The molecule has 0 radical (unpaired) electrons. The first-order valence-corrected chi connectivity index (χ1v) is 4.29. The van der Waals surface area contributed by atoms with E-state index in [1.54, 1.807) is 6.07 Å². The van der Waals surface area contributed by atoms with E-state index in [0.717, 1.165) is 4.48 Å². The first-order chi connectivity index (χ1) is 6.09. The Hall–Kier alpha value is -1.23. The van der Waals surface area contributed by atoms with Crippen LogP contribution in [0.1, 0.15) is 10.6 Å². The highest BCUT2D eigenvalue weighted by Gasteiger charge is 2.07. The third-order valence-corrected chi connectivity index (χ3v) is 1.55. The predicted octanol–water partition coefficient (Wildman–Crippen LogP) is 2.30. The molecule has 0 spiro atoms. The summed E-state index contributed by atoms with van der Waals surface area (Å²) in [6.45, 7) is 4.10. The van der Waals surface area contributed by atoms with Crippen LogP contribution >= 0.6 is 15.9 Å². The van der Waals surface area contributed by atoms with Crippen LogP contribution in [0.2, 0.25) is 0 Å². The lowest BCUT2D eigenvalue weighted by atomic mass is 10.4. The highest BCUT2D eigenvalue weighted by Crippen LogP contribution is 2.14. The van der Waals surface area contributed by atoms with Gasteiger partial charge in [-0.25, -0.2) is 4.79 Å². The van der Waals surface area contributed by atoms with Crippen molar-refractivity contribution >= 4 is 27.8 Å². The van der Waals surface area contributed by atoms with Crippen molar-refractivity contribution < 1.29 is 14.3 Å². The SMILES string of the molecule is C=C(Br)CNc1ccc(C(=O)O)o1. The second-order valence-corrected chi connectivity index (χ2v) is 3.46. The maximum atomic E-state index is 10.4. The van der Waals surface area contributed by atoms with Crippen molar-refractivity contribution in [2.24, 2.45) is 0 Å². The average Bonchev–Trinajstić information content (AvgIpc) is 2.48. The zero-order valence-corrected chi connectivity index (χ0v) is 8.30. The van der Waals surface area contributed by atoms with Crippen LogP contribution in [0.5, 0.6) is 0 Å². The summed E-state index contributed by atoms with van der Waals surface area (Å²) in [5, 5.41) is 11.4. The fraction of sp³-hybridized carbons (Fsp3) is 0.125. The Morgan fingerprint density at radius 3 is 2.85 bits per heavy atom. The summed E-state index contributed by atoms with van der Waals surface area (Å²) in [7, 11) is 0. The maximum Gasteiger partial charge on any atom is 0.371 e. The Bertz CT molecular complexity index is 332. The molecular weight excluding hydrogens is 238 g/mol. The van der Waals surface area contributed by atoms with Crippen molar-refractivity contribution in [2.45, 2.75) is 0 Å². The summed E-state index contributed by atoms with van der Waals surface area (Å²) in [6, 6.07) is 2.95. The molecule has 2 N–H and O–H groups in total. The molecule has 0 aliphatic rings. The Morgan fingerprint density at radius 2 is 2.38 bits per heavy atom. The number of carboxylic acids is 1. The first kappa shape index (κ1) is 9.85. The molecule has 0 unspecified atom stereocenters. The number of nitrogens with one attached hydrogen (secondary N) is 1. The molecule has 1 heterocycles. The average molecular weight is 246 g/mol. The lowest BCUT2D eigenvalue weighted by Gasteiger charge is -1.98. The van der Waals surface area contributed by atoms with Gasteiger partial charge in [-0.2, -0.15) is 0 Å². The van der Waals surface area contributed by atoms with Gasteiger partial charge in [0.25, 0.3) is 0 Å². The number of anilines is 1. The van der Waals surface area contributed by atoms with Crippen LogP contribution in [0.4, 0.5) is 5.88 Å². The van der Waals surface area contributed by atoms with E-state index in [0.29, 0.717) is 12.4 Å². The number of carboxylic acid groups (broad SMARTS) is 1. The third kappa shape index (κ3) is 2.95. The molecular formula is C8H8BrNO3. The molecule has 0 fully saturated rings. The van der Waals surface area contributed by atoms with E-state index in [2.05, 4.69) is 27.8 Å². The second kappa shape index (κ2) is 4.13. The summed E-state index contributed by atoms with van der Waals surface area (Å²) < 4.78 is 5.69. The summed E-state index contributed by atoms with van der Waals surface area (Å²) in [5.74, 6) is -0.744. The molecule has 0 saturated carbocycles. The fourth-order valence-electron chi connectivity index (χ4n) is 0.731. The molecule has 1 aromatic rings. The van der Waals surface area contributed by atoms with Gasteiger partial charge in [-0.1, -0.05) is 22.5 Å². The Labute approximate surface area is 83.4 Å². The fourth-order valence-corrected chi connectivity index (χ4v) is 0.871. The molecule has 1 rings (SSSR count). The van der Waals surface area contributed by atoms with E-state index in [1.807, 2.05) is 0 Å². The van der Waals surface area contributed by atoms with Gasteiger partial charge in [0, 0.05) is 17.1 Å². The topological polar surface area (TPSA) is 62.5 Å². The maximum absolute atomic E-state index is 10.4. The highest BCUT2D eigenvalue weighted by atomic mass is 79.9. The Balaban J connectivity index is 2.59. The number of rotatable bonds is 4. The molecule has 0 aliphatic carbocycles. The minimum absolute atomic E-state index is 0.0808. The molecule has 0 atom stereocenters. The van der Waals surface area contributed by atoms with E-state index in [1.165, 1.54) is 6.07 Å². The first-order valence-electron chi connectivity index (χ1n) is 3.50. The lowest BCUT2D eigenvalue weighted by molar-refractivity contribution is 0.0663. The van der Waals surface area contributed by atoms with Gasteiger partial charge in [0.2, 0.25) is 5.76 Å². The Morgan fingerprint density at radius 1 is 1.69 bits per heavy atom. The molecule has 0 saturated heterocycles. The van der Waals surface area contributed by atoms with E-state index in [-0.39, 0.29) is 5.76 Å². The van der Waals surface area contributed by atoms with Crippen molar-refractivity contribution in [3.8, 4) is 0 Å². The second-order valence-electron chi connectivity index (χ2n) is 2.34. The number of aromatic carboxylic acids is 1. The van der Waals surface area contributed by atoms with Crippen LogP contribution in [0.15, 0.2) is 27.6 Å². The van der Waals surface area contributed by atoms with Gasteiger partial charge >= 0.3 is 5.97 Å². The molecule has 0 aromatic carbocycles. The van der Waals surface area contributed by atoms with Crippen molar-refractivity contribution in [3.63, 3.8) is 0 Å². The van der Waals surface area contributed by atoms with Crippen LogP contribution < -0.4 is 5.32 Å². The van der Waals surface area contributed by atoms with Crippen LogP contribution in [0, 0.1) is 0 Å². The number of hydrogen-bond donors (Lipinski definition) is 2. The van der Waals surface area contributed by atoms with Crippen LogP contribution in [0.3, 0.4) is 0 Å². The number of halogens is 1. The van der Waals surface area contributed by atoms with Gasteiger partial charge in [0.05, 0.1) is 0 Å². The van der Waals surface area contributed by atoms with E-state index in [9.17, 15) is 4.79 Å². The molecule has 5 heteroatoms. The zero-order valence-electron chi connectivity index (χ0n) is 6.71. The molecule has 70 valence electrons. The van der Waals surface area contributed by atoms with Crippen molar-refractivity contribution in [3.05, 3.63) is 29.0 Å². The van der Waals surface area contributed by atoms with E-state index >= 15 is 0 Å². The monoisotopic (exact) mass is 245 g/mol. The Kier molecular flexibility index (Phi) is 3.13. The molecule has 0 bridgehead atoms. The summed E-state index contributed by atoms with van der Waals surface area (Å²) in [5.41, 5.74) is 0.